The number of carbonyl (C=O) groups excluding carboxylic acids is 1. The van der Waals surface area contributed by atoms with Crippen molar-refractivity contribution in [3.05, 3.63) is 42.1 Å². The molecule has 0 spiro atoms. The van der Waals surface area contributed by atoms with E-state index in [9.17, 15) is 14.4 Å². The van der Waals surface area contributed by atoms with Gasteiger partial charge in [0.1, 0.15) is 5.75 Å². The summed E-state index contributed by atoms with van der Waals surface area (Å²) in [5, 5.41) is 16.7. The van der Waals surface area contributed by atoms with Crippen molar-refractivity contribution in [2.75, 3.05) is 0 Å². The number of aliphatic carboxylic acids is 2. The third kappa shape index (κ3) is 6.95. The normalized spacial score (nSPS) is 14.4. The molecule has 1 aliphatic carbocycles. The van der Waals surface area contributed by atoms with Crippen molar-refractivity contribution in [1.29, 1.82) is 0 Å². The Bertz CT molecular complexity index is 848. The lowest BCUT2D eigenvalue weighted by atomic mass is 10.2. The zero-order valence-electron chi connectivity index (χ0n) is 14.8. The Morgan fingerprint density at radius 3 is 2.37 bits per heavy atom. The summed E-state index contributed by atoms with van der Waals surface area (Å²) < 4.78 is 5.35. The quantitative estimate of drug-likeness (QED) is 0.344. The molecular formula is C19H22N2O6. The molecule has 0 bridgehead atoms. The lowest BCUT2D eigenvalue weighted by Crippen LogP contribution is -2.17. The fourth-order valence-corrected chi connectivity index (χ4v) is 2.35. The van der Waals surface area contributed by atoms with Crippen molar-refractivity contribution in [1.82, 2.24) is 4.98 Å². The van der Waals surface area contributed by atoms with Crippen LogP contribution in [-0.4, -0.2) is 39.1 Å². The Hall–Kier alpha value is -3.13. The topological polar surface area (TPSA) is 143 Å². The zero-order valence-corrected chi connectivity index (χ0v) is 14.8. The maximum atomic E-state index is 11.6. The largest absolute Gasteiger partial charge is 0.478 e. The summed E-state index contributed by atoms with van der Waals surface area (Å²) in [5.74, 6) is -1.90. The van der Waals surface area contributed by atoms with Gasteiger partial charge in [-0.15, -0.1) is 0 Å². The first-order chi connectivity index (χ1) is 12.7. The number of nitrogens with one attached hydrogen (secondary N) is 1. The molecule has 5 N–H and O–H groups in total. The molecule has 27 heavy (non-hydrogen) atoms. The number of nitrogens with two attached hydrogens (primary N) is 1. The van der Waals surface area contributed by atoms with E-state index in [-0.39, 0.29) is 17.9 Å². The van der Waals surface area contributed by atoms with Crippen LogP contribution in [0.3, 0.4) is 0 Å². The molecule has 1 saturated carbocycles. The van der Waals surface area contributed by atoms with Gasteiger partial charge >= 0.3 is 17.9 Å². The van der Waals surface area contributed by atoms with Crippen molar-refractivity contribution < 1.29 is 29.3 Å². The summed E-state index contributed by atoms with van der Waals surface area (Å²) in [6, 6.07) is 7.89. The van der Waals surface area contributed by atoms with Crippen molar-refractivity contribution in [3.63, 3.8) is 0 Å². The third-order valence-corrected chi connectivity index (χ3v) is 3.69. The number of carboxylic acid groups (broad SMARTS) is 2. The van der Waals surface area contributed by atoms with E-state index in [0.29, 0.717) is 17.9 Å². The second-order valence-electron chi connectivity index (χ2n) is 6.43. The van der Waals surface area contributed by atoms with E-state index in [1.807, 2.05) is 25.1 Å². The van der Waals surface area contributed by atoms with Crippen LogP contribution in [0.25, 0.3) is 10.9 Å². The molecule has 0 radical (unpaired) electrons. The van der Waals surface area contributed by atoms with Crippen molar-refractivity contribution >= 4 is 28.8 Å². The highest BCUT2D eigenvalue weighted by atomic mass is 16.5. The molecule has 8 heteroatoms. The first-order valence-electron chi connectivity index (χ1n) is 8.47. The summed E-state index contributed by atoms with van der Waals surface area (Å²) in [6.45, 7) is 1.98. The molecule has 3 rings (SSSR count). The minimum atomic E-state index is -1.26. The molecular weight excluding hydrogens is 352 g/mol. The van der Waals surface area contributed by atoms with Crippen LogP contribution in [0.15, 0.2) is 36.4 Å². The monoisotopic (exact) mass is 374 g/mol. The molecule has 1 atom stereocenters. The van der Waals surface area contributed by atoms with E-state index in [1.54, 1.807) is 0 Å². The van der Waals surface area contributed by atoms with Crippen molar-refractivity contribution in [2.24, 2.45) is 11.7 Å². The Kier molecular flexibility index (Phi) is 6.73. The molecule has 1 fully saturated rings. The lowest BCUT2D eigenvalue weighted by Gasteiger charge is -2.02. The van der Waals surface area contributed by atoms with Gasteiger partial charge < -0.3 is 25.7 Å². The number of aromatic amines is 1. The van der Waals surface area contributed by atoms with Gasteiger partial charge in [-0.1, -0.05) is 0 Å². The van der Waals surface area contributed by atoms with Crippen LogP contribution < -0.4 is 10.5 Å². The molecule has 1 aromatic carbocycles. The molecule has 0 aliphatic heterocycles. The minimum Gasteiger partial charge on any atom is -0.478 e. The highest BCUT2D eigenvalue weighted by Gasteiger charge is 2.31. The number of fused-ring (bicyclic) bond motifs is 1. The fraction of sp³-hybridized carbons (Fsp3) is 0.316. The average molecular weight is 374 g/mol. The van der Waals surface area contributed by atoms with Crippen LogP contribution in [0.5, 0.6) is 5.75 Å². The maximum absolute atomic E-state index is 11.6. The van der Waals surface area contributed by atoms with Crippen LogP contribution in [0.2, 0.25) is 0 Å². The lowest BCUT2D eigenvalue weighted by molar-refractivity contribution is -0.136. The highest BCUT2D eigenvalue weighted by molar-refractivity contribution is 5.89. The van der Waals surface area contributed by atoms with E-state index < -0.39 is 11.9 Å². The van der Waals surface area contributed by atoms with Crippen LogP contribution in [-0.2, 0) is 20.8 Å². The number of rotatable bonds is 6. The molecule has 1 heterocycles. The number of benzene rings is 1. The molecule has 0 amide bonds. The van der Waals surface area contributed by atoms with Crippen molar-refractivity contribution in [2.45, 2.75) is 32.2 Å². The molecule has 144 valence electrons. The predicted octanol–water partition coefficient (Wildman–Crippen LogP) is 2.08. The van der Waals surface area contributed by atoms with Crippen LogP contribution in [0.1, 0.15) is 25.5 Å². The van der Waals surface area contributed by atoms with Gasteiger partial charge in [0, 0.05) is 41.9 Å². The van der Waals surface area contributed by atoms with Crippen LogP contribution in [0, 0.1) is 5.92 Å². The molecule has 0 saturated heterocycles. The van der Waals surface area contributed by atoms with Crippen LogP contribution >= 0.6 is 0 Å². The standard InChI is InChI=1S/C15H18N2O2.C4H4O4/c1-9(16)6-12-7-11-4-5-13(8-14(11)17-12)19-15(18)10-2-3-10;5-3(6)1-2-4(7)8/h4-5,7-10,17H,2-3,6,16H2,1H3;1-2H,(H,5,6)(H,7,8)/b;2-1-. The first-order valence-corrected chi connectivity index (χ1v) is 8.47. The second-order valence-corrected chi connectivity index (χ2v) is 6.43. The average Bonchev–Trinajstić information content (AvgIpc) is 3.34. The van der Waals surface area contributed by atoms with Gasteiger partial charge in [-0.3, -0.25) is 4.79 Å². The van der Waals surface area contributed by atoms with E-state index in [1.165, 1.54) is 0 Å². The fourth-order valence-electron chi connectivity index (χ4n) is 2.35. The molecule has 1 aliphatic rings. The number of esters is 1. The third-order valence-electron chi connectivity index (χ3n) is 3.69. The van der Waals surface area contributed by atoms with Gasteiger partial charge in [-0.05, 0) is 43.4 Å². The summed E-state index contributed by atoms with van der Waals surface area (Å²) in [6.07, 6.45) is 3.85. The first kappa shape index (κ1) is 20.2. The number of aromatic nitrogens is 1. The zero-order chi connectivity index (χ0) is 20.0. The summed E-state index contributed by atoms with van der Waals surface area (Å²) in [4.78, 5) is 34.0. The molecule has 8 nitrogen and oxygen atoms in total. The number of hydrogen-bond acceptors (Lipinski definition) is 5. The van der Waals surface area contributed by atoms with Gasteiger partial charge in [-0.2, -0.15) is 0 Å². The van der Waals surface area contributed by atoms with Crippen LogP contribution in [0.4, 0.5) is 0 Å². The Labute approximate surface area is 155 Å². The maximum Gasteiger partial charge on any atom is 0.328 e. The molecule has 1 unspecified atom stereocenters. The van der Waals surface area contributed by atoms with Gasteiger partial charge in [-0.25, -0.2) is 9.59 Å². The van der Waals surface area contributed by atoms with Gasteiger partial charge in [0.15, 0.2) is 0 Å². The number of H-pyrrole nitrogens is 1. The van der Waals surface area contributed by atoms with E-state index in [2.05, 4.69) is 11.1 Å². The smallest absolute Gasteiger partial charge is 0.328 e. The van der Waals surface area contributed by atoms with Gasteiger partial charge in [0.05, 0.1) is 5.92 Å². The Morgan fingerprint density at radius 2 is 1.85 bits per heavy atom. The Morgan fingerprint density at radius 1 is 1.22 bits per heavy atom. The minimum absolute atomic E-state index is 0.110. The van der Waals surface area contributed by atoms with E-state index >= 15 is 0 Å². The van der Waals surface area contributed by atoms with E-state index in [0.717, 1.165) is 35.9 Å². The number of ether oxygens (including phenoxy) is 1. The summed E-state index contributed by atoms with van der Waals surface area (Å²) in [5.41, 5.74) is 7.88. The number of carboxylic acids is 2. The second kappa shape index (κ2) is 9.00. The number of carbonyl (C=O) groups is 3. The Balaban J connectivity index is 0.000000279. The predicted molar refractivity (Wildman–Crippen MR) is 98.4 cm³/mol. The highest BCUT2D eigenvalue weighted by Crippen LogP contribution is 2.31. The van der Waals surface area contributed by atoms with Gasteiger partial charge in [0.2, 0.25) is 0 Å². The summed E-state index contributed by atoms with van der Waals surface area (Å²) in [7, 11) is 0. The number of hydrogen-bond donors (Lipinski definition) is 4. The summed E-state index contributed by atoms with van der Waals surface area (Å²) >= 11 is 0. The molecule has 1 aromatic heterocycles. The van der Waals surface area contributed by atoms with Gasteiger partial charge in [0.25, 0.3) is 0 Å². The van der Waals surface area contributed by atoms with E-state index in [4.69, 9.17) is 20.7 Å². The molecule has 2 aromatic rings. The van der Waals surface area contributed by atoms with Crippen molar-refractivity contribution in [3.8, 4) is 5.75 Å². The SMILES string of the molecule is CC(N)Cc1cc2ccc(OC(=O)C3CC3)cc2[nH]1.O=C(O)/C=C\C(=O)O.